The van der Waals surface area contributed by atoms with Gasteiger partial charge < -0.3 is 10.1 Å². The van der Waals surface area contributed by atoms with E-state index in [0.717, 1.165) is 16.7 Å². The van der Waals surface area contributed by atoms with Crippen LogP contribution in [0.2, 0.25) is 19.6 Å². The predicted octanol–water partition coefficient (Wildman–Crippen LogP) is 4.74. The number of rotatable bonds is 4. The average molecular weight is 392 g/mol. The number of methoxy groups -OCH3 is 1. The molecule has 0 aliphatic heterocycles. The van der Waals surface area contributed by atoms with Crippen molar-refractivity contribution in [2.75, 3.05) is 12.4 Å². The highest BCUT2D eigenvalue weighted by Crippen LogP contribution is 2.18. The molecule has 144 valence electrons. The standard InChI is InChI=1S/C23H25NO3Si/c1-17(19-10-8-9-18(16-19)13-14-28(3,4)5)15-22(25)24-21-12-7-6-11-20(21)23(26)27-2/h6-12,15-16H,1-5H3,(H,24,25). The van der Waals surface area contributed by atoms with Crippen molar-refractivity contribution in [3.63, 3.8) is 0 Å². The molecule has 0 unspecified atom stereocenters. The predicted molar refractivity (Wildman–Crippen MR) is 117 cm³/mol. The Morgan fingerprint density at radius 2 is 1.79 bits per heavy atom. The summed E-state index contributed by atoms with van der Waals surface area (Å²) in [4.78, 5) is 24.3. The summed E-state index contributed by atoms with van der Waals surface area (Å²) < 4.78 is 4.75. The molecule has 2 aromatic rings. The van der Waals surface area contributed by atoms with Crippen LogP contribution in [0.3, 0.4) is 0 Å². The monoisotopic (exact) mass is 391 g/mol. The molecule has 2 aromatic carbocycles. The Balaban J connectivity index is 2.21. The smallest absolute Gasteiger partial charge is 0.339 e. The van der Waals surface area contributed by atoms with E-state index in [-0.39, 0.29) is 5.91 Å². The van der Waals surface area contributed by atoms with Crippen LogP contribution in [0.5, 0.6) is 0 Å². The molecule has 0 aliphatic rings. The van der Waals surface area contributed by atoms with Crippen molar-refractivity contribution in [1.82, 2.24) is 0 Å². The Bertz CT molecular complexity index is 975. The molecule has 0 aliphatic carbocycles. The van der Waals surface area contributed by atoms with Crippen LogP contribution in [-0.4, -0.2) is 27.1 Å². The van der Waals surface area contributed by atoms with E-state index in [1.807, 2.05) is 31.2 Å². The van der Waals surface area contributed by atoms with E-state index in [1.54, 1.807) is 24.3 Å². The van der Waals surface area contributed by atoms with E-state index in [1.165, 1.54) is 13.2 Å². The van der Waals surface area contributed by atoms with E-state index < -0.39 is 14.0 Å². The van der Waals surface area contributed by atoms with Gasteiger partial charge in [-0.2, -0.15) is 0 Å². The molecular weight excluding hydrogens is 366 g/mol. The lowest BCUT2D eigenvalue weighted by Gasteiger charge is -2.09. The number of anilines is 1. The van der Waals surface area contributed by atoms with Crippen LogP contribution in [0.15, 0.2) is 54.6 Å². The van der Waals surface area contributed by atoms with Crippen LogP contribution in [-0.2, 0) is 9.53 Å². The van der Waals surface area contributed by atoms with Crippen LogP contribution in [0.25, 0.3) is 5.57 Å². The second-order valence-corrected chi connectivity index (χ2v) is 12.2. The zero-order chi connectivity index (χ0) is 20.7. The molecule has 1 N–H and O–H groups in total. The van der Waals surface area contributed by atoms with E-state index in [9.17, 15) is 9.59 Å². The van der Waals surface area contributed by atoms with Crippen molar-refractivity contribution < 1.29 is 14.3 Å². The number of hydrogen-bond donors (Lipinski definition) is 1. The quantitative estimate of drug-likeness (QED) is 0.354. The number of hydrogen-bond acceptors (Lipinski definition) is 3. The first-order chi connectivity index (χ1) is 13.2. The number of para-hydroxylation sites is 1. The second-order valence-electron chi connectivity index (χ2n) is 7.43. The first kappa shape index (κ1) is 21.2. The maximum Gasteiger partial charge on any atom is 0.339 e. The summed E-state index contributed by atoms with van der Waals surface area (Å²) in [6.07, 6.45) is 1.51. The van der Waals surface area contributed by atoms with Gasteiger partial charge in [0.25, 0.3) is 0 Å². The Morgan fingerprint density at radius 1 is 1.07 bits per heavy atom. The van der Waals surface area contributed by atoms with Crippen LogP contribution >= 0.6 is 0 Å². The van der Waals surface area contributed by atoms with Crippen molar-refractivity contribution in [3.05, 3.63) is 71.3 Å². The number of nitrogens with one attached hydrogen (secondary N) is 1. The molecule has 0 aromatic heterocycles. The molecule has 0 saturated heterocycles. The molecule has 2 rings (SSSR count). The minimum absolute atomic E-state index is 0.313. The van der Waals surface area contributed by atoms with Gasteiger partial charge in [-0.25, -0.2) is 4.79 Å². The number of esters is 1. The summed E-state index contributed by atoms with van der Waals surface area (Å²) in [7, 11) is -0.141. The van der Waals surface area contributed by atoms with Crippen LogP contribution in [0, 0.1) is 11.5 Å². The fourth-order valence-electron chi connectivity index (χ4n) is 2.43. The fraction of sp³-hybridized carbons (Fsp3) is 0.217. The number of carbonyl (C=O) groups excluding carboxylic acids is 2. The van der Waals surface area contributed by atoms with Crippen molar-refractivity contribution in [3.8, 4) is 11.5 Å². The topological polar surface area (TPSA) is 55.4 Å². The van der Waals surface area contributed by atoms with Gasteiger partial charge in [-0.15, -0.1) is 5.54 Å². The number of amides is 1. The van der Waals surface area contributed by atoms with Gasteiger partial charge in [0.05, 0.1) is 18.4 Å². The third kappa shape index (κ3) is 6.25. The molecule has 0 bridgehead atoms. The minimum Gasteiger partial charge on any atom is -0.465 e. The zero-order valence-electron chi connectivity index (χ0n) is 16.9. The maximum absolute atomic E-state index is 12.4. The highest BCUT2D eigenvalue weighted by molar-refractivity contribution is 6.83. The summed E-state index contributed by atoms with van der Waals surface area (Å²) in [5.41, 5.74) is 6.75. The first-order valence-electron chi connectivity index (χ1n) is 9.00. The molecule has 5 heteroatoms. The third-order valence-electron chi connectivity index (χ3n) is 3.84. The lowest BCUT2D eigenvalue weighted by Crippen LogP contribution is -2.16. The lowest BCUT2D eigenvalue weighted by molar-refractivity contribution is -0.111. The van der Waals surface area contributed by atoms with Gasteiger partial charge in [0.1, 0.15) is 8.07 Å². The molecule has 4 nitrogen and oxygen atoms in total. The van der Waals surface area contributed by atoms with E-state index in [2.05, 4.69) is 36.4 Å². The molecule has 1 amide bonds. The second kappa shape index (κ2) is 9.20. The van der Waals surface area contributed by atoms with Gasteiger partial charge in [-0.1, -0.05) is 49.8 Å². The van der Waals surface area contributed by atoms with Crippen molar-refractivity contribution in [2.24, 2.45) is 0 Å². The van der Waals surface area contributed by atoms with Gasteiger partial charge in [0, 0.05) is 11.6 Å². The average Bonchev–Trinajstić information content (AvgIpc) is 2.65. The first-order valence-corrected chi connectivity index (χ1v) is 12.5. The Morgan fingerprint density at radius 3 is 2.46 bits per heavy atom. The SMILES string of the molecule is COC(=O)c1ccccc1NC(=O)C=C(C)c1cccc(C#C[Si](C)(C)C)c1. The van der Waals surface area contributed by atoms with Gasteiger partial charge in [0.15, 0.2) is 0 Å². The summed E-state index contributed by atoms with van der Waals surface area (Å²) in [5, 5.41) is 2.75. The van der Waals surface area contributed by atoms with Gasteiger partial charge >= 0.3 is 5.97 Å². The Labute approximate surface area is 167 Å². The summed E-state index contributed by atoms with van der Waals surface area (Å²) >= 11 is 0. The number of carbonyl (C=O) groups is 2. The Hall–Kier alpha value is -3.10. The normalized spacial score (nSPS) is 11.2. The van der Waals surface area contributed by atoms with Crippen molar-refractivity contribution in [1.29, 1.82) is 0 Å². The van der Waals surface area contributed by atoms with Crippen LogP contribution in [0.1, 0.15) is 28.4 Å². The highest BCUT2D eigenvalue weighted by Gasteiger charge is 2.12. The maximum atomic E-state index is 12.4. The Kier molecular flexibility index (Phi) is 6.97. The molecular formula is C23H25NO3Si. The number of benzene rings is 2. The number of allylic oxidation sites excluding steroid dienone is 1. The third-order valence-corrected chi connectivity index (χ3v) is 4.71. The summed E-state index contributed by atoms with van der Waals surface area (Å²) in [6, 6.07) is 14.6. The molecule has 0 saturated carbocycles. The van der Waals surface area contributed by atoms with E-state index >= 15 is 0 Å². The van der Waals surface area contributed by atoms with Gasteiger partial charge in [0.2, 0.25) is 5.91 Å². The zero-order valence-corrected chi connectivity index (χ0v) is 17.9. The van der Waals surface area contributed by atoms with Gasteiger partial charge in [-0.3, -0.25) is 4.79 Å². The van der Waals surface area contributed by atoms with Crippen molar-refractivity contribution >= 4 is 31.2 Å². The largest absolute Gasteiger partial charge is 0.465 e. The highest BCUT2D eigenvalue weighted by atomic mass is 28.3. The number of ether oxygens (including phenoxy) is 1. The van der Waals surface area contributed by atoms with Gasteiger partial charge in [-0.05, 0) is 42.3 Å². The summed E-state index contributed by atoms with van der Waals surface area (Å²) in [6.45, 7) is 8.47. The summed E-state index contributed by atoms with van der Waals surface area (Å²) in [5.74, 6) is 2.42. The molecule has 0 fully saturated rings. The van der Waals surface area contributed by atoms with Crippen LogP contribution in [0.4, 0.5) is 5.69 Å². The molecule has 0 radical (unpaired) electrons. The molecule has 0 heterocycles. The molecule has 0 atom stereocenters. The molecule has 28 heavy (non-hydrogen) atoms. The van der Waals surface area contributed by atoms with Crippen LogP contribution < -0.4 is 5.32 Å². The van der Waals surface area contributed by atoms with Crippen molar-refractivity contribution in [2.45, 2.75) is 26.6 Å². The van der Waals surface area contributed by atoms with E-state index in [4.69, 9.17) is 4.74 Å². The molecule has 0 spiro atoms. The lowest BCUT2D eigenvalue weighted by atomic mass is 10.0. The minimum atomic E-state index is -1.45. The fourth-order valence-corrected chi connectivity index (χ4v) is 2.95. The van der Waals surface area contributed by atoms with E-state index in [0.29, 0.717) is 11.3 Å².